The van der Waals surface area contributed by atoms with E-state index in [0.717, 1.165) is 19.3 Å². The van der Waals surface area contributed by atoms with Crippen molar-refractivity contribution in [3.63, 3.8) is 0 Å². The van der Waals surface area contributed by atoms with Crippen LogP contribution in [0.4, 0.5) is 0 Å². The van der Waals surface area contributed by atoms with Crippen molar-refractivity contribution in [2.45, 2.75) is 37.5 Å². The van der Waals surface area contributed by atoms with Crippen molar-refractivity contribution in [1.82, 2.24) is 5.32 Å². The van der Waals surface area contributed by atoms with Gasteiger partial charge in [0.25, 0.3) is 0 Å². The highest BCUT2D eigenvalue weighted by molar-refractivity contribution is 5.78. The van der Waals surface area contributed by atoms with E-state index in [1.807, 2.05) is 0 Å². The van der Waals surface area contributed by atoms with Gasteiger partial charge >= 0.3 is 0 Å². The molecule has 3 N–H and O–H groups in total. The smallest absolute Gasteiger partial charge is 0.234 e. The number of rotatable bonds is 2. The topological polar surface area (TPSA) is 64.4 Å². The van der Waals surface area contributed by atoms with Crippen molar-refractivity contribution in [3.8, 4) is 0 Å². The second-order valence-electron chi connectivity index (χ2n) is 3.49. The van der Waals surface area contributed by atoms with Crippen LogP contribution in [0.5, 0.6) is 0 Å². The first-order chi connectivity index (χ1) is 5.79. The van der Waals surface area contributed by atoms with Crippen LogP contribution in [0.2, 0.25) is 0 Å². The summed E-state index contributed by atoms with van der Waals surface area (Å²) in [4.78, 5) is 11.0. The second-order valence-corrected chi connectivity index (χ2v) is 3.49. The Labute approximate surface area is 71.4 Å². The number of fused-ring (bicyclic) bond motifs is 2. The summed E-state index contributed by atoms with van der Waals surface area (Å²) in [5, 5.41) is 2.87. The monoisotopic (exact) mass is 170 g/mol. The molecule has 2 fully saturated rings. The van der Waals surface area contributed by atoms with E-state index in [1.54, 1.807) is 0 Å². The fourth-order valence-electron chi connectivity index (χ4n) is 2.06. The highest BCUT2D eigenvalue weighted by atomic mass is 16.5. The average Bonchev–Trinajstić information content (AvgIpc) is 2.64. The summed E-state index contributed by atoms with van der Waals surface area (Å²) in [6.07, 6.45) is 3.85. The van der Waals surface area contributed by atoms with Crippen molar-refractivity contribution in [1.29, 1.82) is 0 Å². The Hall–Kier alpha value is -0.610. The lowest BCUT2D eigenvalue weighted by atomic mass is 9.95. The third kappa shape index (κ3) is 1.32. The highest BCUT2D eigenvalue weighted by Crippen LogP contribution is 2.34. The van der Waals surface area contributed by atoms with E-state index >= 15 is 0 Å². The second kappa shape index (κ2) is 3.03. The SMILES string of the molecule is NCC(=O)N[C@@H]1C[C@H]2CC[C@@H]1O2. The van der Waals surface area contributed by atoms with E-state index in [-0.39, 0.29) is 24.6 Å². The third-order valence-corrected chi connectivity index (χ3v) is 2.64. The quantitative estimate of drug-likeness (QED) is 0.580. The molecule has 2 aliphatic rings. The lowest BCUT2D eigenvalue weighted by Crippen LogP contribution is -2.43. The minimum absolute atomic E-state index is 0.0730. The molecule has 68 valence electrons. The number of carbonyl (C=O) groups is 1. The molecule has 2 rings (SSSR count). The molecule has 0 saturated carbocycles. The maximum absolute atomic E-state index is 11.0. The summed E-state index contributed by atoms with van der Waals surface area (Å²) >= 11 is 0. The number of ether oxygens (including phenoxy) is 1. The molecule has 0 aliphatic carbocycles. The van der Waals surface area contributed by atoms with Gasteiger partial charge in [-0.05, 0) is 19.3 Å². The Morgan fingerprint density at radius 1 is 1.58 bits per heavy atom. The predicted octanol–water partition coefficient (Wildman–Crippen LogP) is -0.619. The van der Waals surface area contributed by atoms with Gasteiger partial charge in [0, 0.05) is 0 Å². The van der Waals surface area contributed by atoms with Crippen LogP contribution >= 0.6 is 0 Å². The first kappa shape index (κ1) is 8.01. The summed E-state index contributed by atoms with van der Waals surface area (Å²) < 4.78 is 5.57. The number of amides is 1. The van der Waals surface area contributed by atoms with Gasteiger partial charge in [-0.15, -0.1) is 0 Å². The standard InChI is InChI=1S/C8H14N2O2/c9-4-8(11)10-6-3-5-1-2-7(6)12-5/h5-7H,1-4,9H2,(H,10,11)/t5-,6-,7+/m1/s1. The van der Waals surface area contributed by atoms with Gasteiger partial charge in [0.2, 0.25) is 5.91 Å². The summed E-state index contributed by atoms with van der Waals surface area (Å²) in [6.45, 7) is 0.0773. The predicted molar refractivity (Wildman–Crippen MR) is 43.5 cm³/mol. The molecule has 0 unspecified atom stereocenters. The lowest BCUT2D eigenvalue weighted by Gasteiger charge is -2.19. The number of nitrogens with two attached hydrogens (primary N) is 1. The molecule has 0 aromatic heterocycles. The molecule has 12 heavy (non-hydrogen) atoms. The fraction of sp³-hybridized carbons (Fsp3) is 0.875. The van der Waals surface area contributed by atoms with Crippen molar-refractivity contribution >= 4 is 5.91 Å². The number of nitrogens with one attached hydrogen (secondary N) is 1. The molecule has 4 nitrogen and oxygen atoms in total. The van der Waals surface area contributed by atoms with Gasteiger partial charge < -0.3 is 15.8 Å². The van der Waals surface area contributed by atoms with E-state index in [1.165, 1.54) is 0 Å². The van der Waals surface area contributed by atoms with Crippen LogP contribution < -0.4 is 11.1 Å². The maximum atomic E-state index is 11.0. The van der Waals surface area contributed by atoms with Crippen LogP contribution in [-0.4, -0.2) is 30.7 Å². The molecule has 0 aromatic rings. The van der Waals surface area contributed by atoms with Crippen LogP contribution in [0.3, 0.4) is 0 Å². The van der Waals surface area contributed by atoms with Crippen LogP contribution in [-0.2, 0) is 9.53 Å². The van der Waals surface area contributed by atoms with Gasteiger partial charge in [-0.2, -0.15) is 0 Å². The molecule has 1 amide bonds. The Kier molecular flexibility index (Phi) is 2.02. The van der Waals surface area contributed by atoms with Crippen LogP contribution in [0.1, 0.15) is 19.3 Å². The van der Waals surface area contributed by atoms with Gasteiger partial charge in [-0.25, -0.2) is 0 Å². The normalized spacial score (nSPS) is 38.6. The molecule has 2 bridgehead atoms. The van der Waals surface area contributed by atoms with Crippen LogP contribution in [0, 0.1) is 0 Å². The molecule has 2 saturated heterocycles. The molecular formula is C8H14N2O2. The zero-order chi connectivity index (χ0) is 8.55. The van der Waals surface area contributed by atoms with E-state index < -0.39 is 0 Å². The molecule has 0 aromatic carbocycles. The number of carbonyl (C=O) groups excluding carboxylic acids is 1. The minimum Gasteiger partial charge on any atom is -0.373 e. The molecule has 2 aliphatic heterocycles. The molecule has 2 heterocycles. The van der Waals surface area contributed by atoms with Crippen molar-refractivity contribution < 1.29 is 9.53 Å². The molecular weight excluding hydrogens is 156 g/mol. The first-order valence-electron chi connectivity index (χ1n) is 4.44. The summed E-state index contributed by atoms with van der Waals surface area (Å²) in [5.41, 5.74) is 5.20. The summed E-state index contributed by atoms with van der Waals surface area (Å²) in [7, 11) is 0. The van der Waals surface area contributed by atoms with Gasteiger partial charge in [0.15, 0.2) is 0 Å². The minimum atomic E-state index is -0.0730. The van der Waals surface area contributed by atoms with E-state index in [4.69, 9.17) is 10.5 Å². The van der Waals surface area contributed by atoms with Crippen molar-refractivity contribution in [2.75, 3.05) is 6.54 Å². The highest BCUT2D eigenvalue weighted by Gasteiger charge is 2.41. The molecule has 4 heteroatoms. The third-order valence-electron chi connectivity index (χ3n) is 2.64. The molecule has 0 spiro atoms. The average molecular weight is 170 g/mol. The van der Waals surface area contributed by atoms with E-state index in [0.29, 0.717) is 6.10 Å². The maximum Gasteiger partial charge on any atom is 0.234 e. The van der Waals surface area contributed by atoms with Gasteiger partial charge in [-0.1, -0.05) is 0 Å². The van der Waals surface area contributed by atoms with Crippen LogP contribution in [0.15, 0.2) is 0 Å². The van der Waals surface area contributed by atoms with Crippen molar-refractivity contribution in [2.24, 2.45) is 5.73 Å². The van der Waals surface area contributed by atoms with Gasteiger partial charge in [0.1, 0.15) is 0 Å². The van der Waals surface area contributed by atoms with E-state index in [9.17, 15) is 4.79 Å². The van der Waals surface area contributed by atoms with Crippen LogP contribution in [0.25, 0.3) is 0 Å². The number of hydrogen-bond donors (Lipinski definition) is 2. The number of hydrogen-bond acceptors (Lipinski definition) is 3. The molecule has 0 radical (unpaired) electrons. The van der Waals surface area contributed by atoms with Gasteiger partial charge in [0.05, 0.1) is 24.8 Å². The fourth-order valence-corrected chi connectivity index (χ4v) is 2.06. The summed E-state index contributed by atoms with van der Waals surface area (Å²) in [6, 6.07) is 0.222. The zero-order valence-corrected chi connectivity index (χ0v) is 6.95. The largest absolute Gasteiger partial charge is 0.373 e. The zero-order valence-electron chi connectivity index (χ0n) is 6.95. The Morgan fingerprint density at radius 3 is 2.92 bits per heavy atom. The molecule has 3 atom stereocenters. The Bertz CT molecular complexity index is 195. The van der Waals surface area contributed by atoms with E-state index in [2.05, 4.69) is 5.32 Å². The Balaban J connectivity index is 1.86. The first-order valence-corrected chi connectivity index (χ1v) is 4.44. The van der Waals surface area contributed by atoms with Gasteiger partial charge in [-0.3, -0.25) is 4.79 Å². The Morgan fingerprint density at radius 2 is 2.42 bits per heavy atom. The lowest BCUT2D eigenvalue weighted by molar-refractivity contribution is -0.120. The van der Waals surface area contributed by atoms with Crippen molar-refractivity contribution in [3.05, 3.63) is 0 Å². The summed E-state index contributed by atoms with van der Waals surface area (Å²) in [5.74, 6) is -0.0730.